The number of ether oxygens (including phenoxy) is 1. The Labute approximate surface area is 84.5 Å². The van der Waals surface area contributed by atoms with Crippen LogP contribution in [0.25, 0.3) is 0 Å². The second-order valence-electron chi connectivity index (χ2n) is 4.59. The summed E-state index contributed by atoms with van der Waals surface area (Å²) in [5.41, 5.74) is 2.08. The minimum absolute atomic E-state index is 0.0175. The van der Waals surface area contributed by atoms with Gasteiger partial charge in [-0.1, -0.05) is 19.9 Å². The summed E-state index contributed by atoms with van der Waals surface area (Å²) in [6.07, 6.45) is 0.955. The Bertz CT molecular complexity index is 367. The van der Waals surface area contributed by atoms with E-state index in [2.05, 4.69) is 13.8 Å². The summed E-state index contributed by atoms with van der Waals surface area (Å²) in [5, 5.41) is 9.84. The Balaban J connectivity index is 2.67. The van der Waals surface area contributed by atoms with Gasteiger partial charge in [0.05, 0.1) is 6.61 Å². The first-order valence-electron chi connectivity index (χ1n) is 4.98. The Morgan fingerprint density at radius 2 is 2.07 bits per heavy atom. The van der Waals surface area contributed by atoms with Gasteiger partial charge in [0, 0.05) is 11.0 Å². The Morgan fingerprint density at radius 1 is 1.36 bits per heavy atom. The van der Waals surface area contributed by atoms with Crippen LogP contribution in [0.5, 0.6) is 11.5 Å². The minimum Gasteiger partial charge on any atom is -0.508 e. The normalized spacial score (nSPS) is 18.5. The van der Waals surface area contributed by atoms with E-state index in [1.54, 1.807) is 6.07 Å². The Kier molecular flexibility index (Phi) is 1.95. The molecule has 1 aromatic rings. The lowest BCUT2D eigenvalue weighted by Gasteiger charge is -2.33. The van der Waals surface area contributed by atoms with Crippen molar-refractivity contribution in [3.8, 4) is 11.5 Å². The molecule has 2 nitrogen and oxygen atoms in total. The molecule has 0 saturated heterocycles. The van der Waals surface area contributed by atoms with Gasteiger partial charge in [0.15, 0.2) is 0 Å². The third kappa shape index (κ3) is 1.26. The van der Waals surface area contributed by atoms with Gasteiger partial charge < -0.3 is 9.84 Å². The molecule has 0 spiro atoms. The molecule has 0 radical (unpaired) electrons. The average Bonchev–Trinajstić information content (AvgIpc) is 2.10. The molecule has 0 amide bonds. The molecule has 0 atom stereocenters. The average molecular weight is 192 g/mol. The molecular weight excluding hydrogens is 176 g/mol. The van der Waals surface area contributed by atoms with Gasteiger partial charge in [-0.05, 0) is 25.0 Å². The number of aryl methyl sites for hydroxylation is 1. The van der Waals surface area contributed by atoms with Crippen LogP contribution in [0.2, 0.25) is 0 Å². The van der Waals surface area contributed by atoms with Crippen LogP contribution in [0, 0.1) is 6.92 Å². The van der Waals surface area contributed by atoms with Crippen LogP contribution in [0.15, 0.2) is 12.1 Å². The second kappa shape index (κ2) is 2.91. The van der Waals surface area contributed by atoms with E-state index in [0.717, 1.165) is 29.9 Å². The summed E-state index contributed by atoms with van der Waals surface area (Å²) >= 11 is 0. The zero-order valence-electron chi connectivity index (χ0n) is 8.92. The third-order valence-electron chi connectivity index (χ3n) is 2.98. The molecule has 76 valence electrons. The summed E-state index contributed by atoms with van der Waals surface area (Å²) in [5.74, 6) is 1.23. The lowest BCUT2D eigenvalue weighted by atomic mass is 9.78. The predicted octanol–water partition coefficient (Wildman–Crippen LogP) is 2.76. The molecule has 0 fully saturated rings. The largest absolute Gasteiger partial charge is 0.508 e. The maximum Gasteiger partial charge on any atom is 0.129 e. The van der Waals surface area contributed by atoms with Crippen molar-refractivity contribution >= 4 is 0 Å². The van der Waals surface area contributed by atoms with Crippen molar-refractivity contribution in [1.29, 1.82) is 0 Å². The molecule has 2 rings (SSSR count). The van der Waals surface area contributed by atoms with Gasteiger partial charge >= 0.3 is 0 Å². The molecule has 1 aromatic carbocycles. The van der Waals surface area contributed by atoms with E-state index in [9.17, 15) is 5.11 Å². The van der Waals surface area contributed by atoms with E-state index >= 15 is 0 Å². The fourth-order valence-electron chi connectivity index (χ4n) is 2.05. The Hall–Kier alpha value is -1.18. The molecule has 14 heavy (non-hydrogen) atoms. The van der Waals surface area contributed by atoms with E-state index in [1.165, 1.54) is 0 Å². The Morgan fingerprint density at radius 3 is 2.71 bits per heavy atom. The smallest absolute Gasteiger partial charge is 0.129 e. The summed E-state index contributed by atoms with van der Waals surface area (Å²) in [4.78, 5) is 0. The number of phenols is 1. The van der Waals surface area contributed by atoms with Crippen LogP contribution >= 0.6 is 0 Å². The van der Waals surface area contributed by atoms with Gasteiger partial charge in [-0.15, -0.1) is 0 Å². The van der Waals surface area contributed by atoms with Gasteiger partial charge in [0.1, 0.15) is 11.5 Å². The van der Waals surface area contributed by atoms with Crippen LogP contribution < -0.4 is 4.74 Å². The van der Waals surface area contributed by atoms with Gasteiger partial charge in [-0.25, -0.2) is 0 Å². The highest BCUT2D eigenvalue weighted by Gasteiger charge is 2.32. The first-order chi connectivity index (χ1) is 6.52. The van der Waals surface area contributed by atoms with Gasteiger partial charge in [0.2, 0.25) is 0 Å². The van der Waals surface area contributed by atoms with Crippen LogP contribution in [0.4, 0.5) is 0 Å². The monoisotopic (exact) mass is 192 g/mol. The van der Waals surface area contributed by atoms with Gasteiger partial charge in [-0.3, -0.25) is 0 Å². The second-order valence-corrected chi connectivity index (χ2v) is 4.59. The lowest BCUT2D eigenvalue weighted by molar-refractivity contribution is 0.227. The molecule has 0 saturated carbocycles. The fraction of sp³-hybridized carbons (Fsp3) is 0.500. The van der Waals surface area contributed by atoms with E-state index in [-0.39, 0.29) is 5.41 Å². The molecular formula is C12H16O2. The highest BCUT2D eigenvalue weighted by atomic mass is 16.5. The minimum atomic E-state index is 0.0175. The molecule has 0 aromatic heterocycles. The number of fused-ring (bicyclic) bond motifs is 1. The number of rotatable bonds is 0. The molecule has 0 unspecified atom stereocenters. The lowest BCUT2D eigenvalue weighted by Crippen LogP contribution is -2.27. The van der Waals surface area contributed by atoms with Crippen molar-refractivity contribution in [3.63, 3.8) is 0 Å². The number of hydrogen-bond donors (Lipinski definition) is 1. The highest BCUT2D eigenvalue weighted by molar-refractivity contribution is 5.53. The number of hydrogen-bond acceptors (Lipinski definition) is 2. The standard InChI is InChI=1S/C12H16O2/c1-8-4-5-9(13)10-11(8)14-7-6-12(10,2)3/h4-5,13H,6-7H2,1-3H3. The van der Waals surface area contributed by atoms with Crippen molar-refractivity contribution in [1.82, 2.24) is 0 Å². The summed E-state index contributed by atoms with van der Waals surface area (Å²) in [6.45, 7) is 7.05. The first kappa shape index (κ1) is 9.38. The van der Waals surface area contributed by atoms with Crippen molar-refractivity contribution in [2.45, 2.75) is 32.6 Å². The summed E-state index contributed by atoms with van der Waals surface area (Å²) in [6, 6.07) is 3.65. The summed E-state index contributed by atoms with van der Waals surface area (Å²) < 4.78 is 5.61. The predicted molar refractivity (Wildman–Crippen MR) is 56.0 cm³/mol. The quantitative estimate of drug-likeness (QED) is 0.685. The fourth-order valence-corrected chi connectivity index (χ4v) is 2.05. The SMILES string of the molecule is Cc1ccc(O)c2c1OCCC2(C)C. The van der Waals surface area contributed by atoms with Crippen molar-refractivity contribution < 1.29 is 9.84 Å². The highest BCUT2D eigenvalue weighted by Crippen LogP contribution is 2.44. The molecule has 1 N–H and O–H groups in total. The molecule has 1 heterocycles. The van der Waals surface area contributed by atoms with Gasteiger partial charge in [-0.2, -0.15) is 0 Å². The molecule has 0 aliphatic carbocycles. The number of benzene rings is 1. The van der Waals surface area contributed by atoms with E-state index in [1.807, 2.05) is 13.0 Å². The maximum absolute atomic E-state index is 9.84. The van der Waals surface area contributed by atoms with Crippen LogP contribution in [0.1, 0.15) is 31.4 Å². The molecule has 1 aliphatic rings. The van der Waals surface area contributed by atoms with E-state index in [4.69, 9.17) is 4.74 Å². The molecule has 2 heteroatoms. The van der Waals surface area contributed by atoms with Crippen LogP contribution in [-0.4, -0.2) is 11.7 Å². The van der Waals surface area contributed by atoms with Crippen LogP contribution in [0.3, 0.4) is 0 Å². The number of phenolic OH excluding ortho intramolecular Hbond substituents is 1. The molecule has 1 aliphatic heterocycles. The van der Waals surface area contributed by atoms with Crippen molar-refractivity contribution in [2.24, 2.45) is 0 Å². The van der Waals surface area contributed by atoms with Gasteiger partial charge in [0.25, 0.3) is 0 Å². The molecule has 0 bridgehead atoms. The zero-order chi connectivity index (χ0) is 10.3. The first-order valence-corrected chi connectivity index (χ1v) is 4.98. The van der Waals surface area contributed by atoms with Crippen molar-refractivity contribution in [3.05, 3.63) is 23.3 Å². The van der Waals surface area contributed by atoms with Crippen LogP contribution in [-0.2, 0) is 5.41 Å². The number of aromatic hydroxyl groups is 1. The topological polar surface area (TPSA) is 29.5 Å². The van der Waals surface area contributed by atoms with Crippen molar-refractivity contribution in [2.75, 3.05) is 6.61 Å². The zero-order valence-corrected chi connectivity index (χ0v) is 8.92. The maximum atomic E-state index is 9.84. The summed E-state index contributed by atoms with van der Waals surface area (Å²) in [7, 11) is 0. The van der Waals surface area contributed by atoms with E-state index < -0.39 is 0 Å². The van der Waals surface area contributed by atoms with E-state index in [0.29, 0.717) is 5.75 Å². The third-order valence-corrected chi connectivity index (χ3v) is 2.98.